The number of nitrogens with zero attached hydrogens (tertiary/aromatic N) is 1. The Kier molecular flexibility index (Phi) is 3.23. The lowest BCUT2D eigenvalue weighted by Gasteiger charge is -2.18. The highest BCUT2D eigenvalue weighted by Crippen LogP contribution is 2.23. The summed E-state index contributed by atoms with van der Waals surface area (Å²) in [7, 11) is 0. The van der Waals surface area contributed by atoms with Crippen molar-refractivity contribution >= 4 is 5.69 Å². The number of hydrogen-bond acceptors (Lipinski definition) is 3. The molecule has 82 valence electrons. The second-order valence-corrected chi connectivity index (χ2v) is 4.11. The van der Waals surface area contributed by atoms with E-state index < -0.39 is 0 Å². The first-order valence-corrected chi connectivity index (χ1v) is 5.39. The third-order valence-corrected chi connectivity index (χ3v) is 3.03. The monoisotopic (exact) mass is 207 g/mol. The summed E-state index contributed by atoms with van der Waals surface area (Å²) in [4.78, 5) is 2.28. The maximum atomic E-state index is 9.05. The molecule has 0 saturated carbocycles. The second kappa shape index (κ2) is 4.64. The van der Waals surface area contributed by atoms with E-state index in [9.17, 15) is 0 Å². The van der Waals surface area contributed by atoms with Gasteiger partial charge in [0, 0.05) is 31.3 Å². The maximum Gasteiger partial charge on any atom is 0.0681 e. The van der Waals surface area contributed by atoms with E-state index in [1.54, 1.807) is 0 Å². The van der Waals surface area contributed by atoms with Gasteiger partial charge >= 0.3 is 0 Å². The Morgan fingerprint density at radius 3 is 2.47 bits per heavy atom. The largest absolute Gasteiger partial charge is 0.396 e. The fourth-order valence-electron chi connectivity index (χ4n) is 2.03. The van der Waals surface area contributed by atoms with Gasteiger partial charge in [-0.05, 0) is 24.1 Å². The molecule has 1 unspecified atom stereocenters. The summed E-state index contributed by atoms with van der Waals surface area (Å²) in [5, 5.41) is 18.0. The van der Waals surface area contributed by atoms with E-state index in [0.29, 0.717) is 5.92 Å². The highest BCUT2D eigenvalue weighted by molar-refractivity contribution is 5.48. The van der Waals surface area contributed by atoms with Crippen molar-refractivity contribution in [3.63, 3.8) is 0 Å². The predicted octanol–water partition coefficient (Wildman–Crippen LogP) is 0.998. The van der Waals surface area contributed by atoms with Crippen LogP contribution in [0.15, 0.2) is 24.3 Å². The van der Waals surface area contributed by atoms with E-state index >= 15 is 0 Å². The Morgan fingerprint density at radius 1 is 1.20 bits per heavy atom. The summed E-state index contributed by atoms with van der Waals surface area (Å²) in [5.74, 6) is 0.419. The first-order valence-electron chi connectivity index (χ1n) is 5.39. The molecule has 1 fully saturated rings. The Hall–Kier alpha value is -1.06. The van der Waals surface area contributed by atoms with Gasteiger partial charge in [0.1, 0.15) is 0 Å². The van der Waals surface area contributed by atoms with Gasteiger partial charge in [0.2, 0.25) is 0 Å². The highest BCUT2D eigenvalue weighted by atomic mass is 16.3. The molecule has 2 rings (SSSR count). The van der Waals surface area contributed by atoms with E-state index in [-0.39, 0.29) is 13.2 Å². The van der Waals surface area contributed by atoms with E-state index in [2.05, 4.69) is 4.90 Å². The Bertz CT molecular complexity index is 310. The van der Waals surface area contributed by atoms with Crippen molar-refractivity contribution in [1.29, 1.82) is 0 Å². The quantitative estimate of drug-likeness (QED) is 0.777. The number of benzene rings is 1. The SMILES string of the molecule is OCc1ccc(N2CCC(CO)C2)cc1. The smallest absolute Gasteiger partial charge is 0.0681 e. The lowest BCUT2D eigenvalue weighted by atomic mass is 10.1. The second-order valence-electron chi connectivity index (χ2n) is 4.11. The summed E-state index contributed by atoms with van der Waals surface area (Å²) >= 11 is 0. The van der Waals surface area contributed by atoms with Gasteiger partial charge in [-0.1, -0.05) is 12.1 Å². The van der Waals surface area contributed by atoms with Gasteiger partial charge in [0.25, 0.3) is 0 Å². The van der Waals surface area contributed by atoms with Crippen LogP contribution < -0.4 is 4.90 Å². The summed E-state index contributed by atoms with van der Waals surface area (Å²) in [6.07, 6.45) is 1.07. The minimum atomic E-state index is 0.0968. The molecule has 0 amide bonds. The molecule has 0 radical (unpaired) electrons. The van der Waals surface area contributed by atoms with Crippen LogP contribution in [-0.2, 0) is 6.61 Å². The molecule has 0 bridgehead atoms. The van der Waals surface area contributed by atoms with Crippen LogP contribution >= 0.6 is 0 Å². The Balaban J connectivity index is 2.04. The fraction of sp³-hybridized carbons (Fsp3) is 0.500. The van der Waals surface area contributed by atoms with Crippen LogP contribution in [0.4, 0.5) is 5.69 Å². The maximum absolute atomic E-state index is 9.05. The zero-order valence-electron chi connectivity index (χ0n) is 8.76. The first kappa shape index (κ1) is 10.5. The van der Waals surface area contributed by atoms with Gasteiger partial charge in [-0.25, -0.2) is 0 Å². The van der Waals surface area contributed by atoms with E-state index in [4.69, 9.17) is 10.2 Å². The molecule has 0 aliphatic carbocycles. The van der Waals surface area contributed by atoms with Gasteiger partial charge in [0.05, 0.1) is 6.61 Å². The normalized spacial score (nSPS) is 20.9. The standard InChI is InChI=1S/C12H17NO2/c14-8-10-1-3-12(4-2-10)13-6-5-11(7-13)9-15/h1-4,11,14-15H,5-9H2. The molecule has 15 heavy (non-hydrogen) atoms. The zero-order valence-corrected chi connectivity index (χ0v) is 8.76. The lowest BCUT2D eigenvalue weighted by molar-refractivity contribution is 0.238. The molecule has 1 aliphatic heterocycles. The molecule has 1 aliphatic rings. The average Bonchev–Trinajstić information content (AvgIpc) is 2.78. The molecule has 0 spiro atoms. The Morgan fingerprint density at radius 2 is 1.93 bits per heavy atom. The summed E-state index contributed by atoms with van der Waals surface area (Å²) in [6.45, 7) is 2.34. The third kappa shape index (κ3) is 2.30. The summed E-state index contributed by atoms with van der Waals surface area (Å²) in [6, 6.07) is 7.96. The average molecular weight is 207 g/mol. The molecule has 3 nitrogen and oxygen atoms in total. The summed E-state index contributed by atoms with van der Waals surface area (Å²) in [5.41, 5.74) is 2.12. The third-order valence-electron chi connectivity index (χ3n) is 3.03. The molecule has 2 N–H and O–H groups in total. The molecule has 1 heterocycles. The fourth-order valence-corrected chi connectivity index (χ4v) is 2.03. The first-order chi connectivity index (χ1) is 7.33. The molecular formula is C12H17NO2. The molecule has 1 aromatic rings. The number of aliphatic hydroxyl groups excluding tert-OH is 2. The van der Waals surface area contributed by atoms with Crippen LogP contribution in [0.5, 0.6) is 0 Å². The van der Waals surface area contributed by atoms with Gasteiger partial charge in [-0.3, -0.25) is 0 Å². The van der Waals surface area contributed by atoms with Crippen LogP contribution in [-0.4, -0.2) is 29.9 Å². The van der Waals surface area contributed by atoms with Gasteiger partial charge < -0.3 is 15.1 Å². The van der Waals surface area contributed by atoms with E-state index in [1.165, 1.54) is 5.69 Å². The van der Waals surface area contributed by atoms with E-state index in [1.807, 2.05) is 24.3 Å². The van der Waals surface area contributed by atoms with Gasteiger partial charge in [0.15, 0.2) is 0 Å². The minimum Gasteiger partial charge on any atom is -0.396 e. The predicted molar refractivity (Wildman–Crippen MR) is 59.8 cm³/mol. The van der Waals surface area contributed by atoms with Crippen molar-refractivity contribution in [1.82, 2.24) is 0 Å². The van der Waals surface area contributed by atoms with Crippen molar-refractivity contribution in [2.75, 3.05) is 24.6 Å². The van der Waals surface area contributed by atoms with Crippen molar-refractivity contribution in [3.8, 4) is 0 Å². The number of aliphatic hydroxyl groups is 2. The molecular weight excluding hydrogens is 190 g/mol. The van der Waals surface area contributed by atoms with Crippen LogP contribution in [0.1, 0.15) is 12.0 Å². The Labute approximate surface area is 90.0 Å². The van der Waals surface area contributed by atoms with Crippen LogP contribution in [0.25, 0.3) is 0 Å². The zero-order chi connectivity index (χ0) is 10.7. The summed E-state index contributed by atoms with van der Waals surface area (Å²) < 4.78 is 0. The number of rotatable bonds is 3. The van der Waals surface area contributed by atoms with Crippen molar-refractivity contribution in [2.24, 2.45) is 5.92 Å². The van der Waals surface area contributed by atoms with E-state index in [0.717, 1.165) is 25.1 Å². The molecule has 1 saturated heterocycles. The number of anilines is 1. The number of hydrogen-bond donors (Lipinski definition) is 2. The molecule has 3 heteroatoms. The van der Waals surface area contributed by atoms with Crippen molar-refractivity contribution < 1.29 is 10.2 Å². The van der Waals surface area contributed by atoms with Crippen LogP contribution in [0.3, 0.4) is 0 Å². The lowest BCUT2D eigenvalue weighted by Crippen LogP contribution is -2.20. The molecule has 1 aromatic carbocycles. The van der Waals surface area contributed by atoms with Gasteiger partial charge in [-0.2, -0.15) is 0 Å². The molecule has 1 atom stereocenters. The molecule has 0 aromatic heterocycles. The van der Waals surface area contributed by atoms with Crippen LogP contribution in [0, 0.1) is 5.92 Å². The highest BCUT2D eigenvalue weighted by Gasteiger charge is 2.21. The van der Waals surface area contributed by atoms with Crippen molar-refractivity contribution in [2.45, 2.75) is 13.0 Å². The topological polar surface area (TPSA) is 43.7 Å². The minimum absolute atomic E-state index is 0.0968. The van der Waals surface area contributed by atoms with Gasteiger partial charge in [-0.15, -0.1) is 0 Å². The van der Waals surface area contributed by atoms with Crippen molar-refractivity contribution in [3.05, 3.63) is 29.8 Å². The van der Waals surface area contributed by atoms with Crippen LogP contribution in [0.2, 0.25) is 0 Å².